The van der Waals surface area contributed by atoms with Gasteiger partial charge in [-0.1, -0.05) is 6.92 Å². The number of carbonyl (C=O) groups excluding carboxylic acids is 1. The number of hydrogen-bond donors (Lipinski definition) is 2. The lowest BCUT2D eigenvalue weighted by Gasteiger charge is -2.33. The zero-order chi connectivity index (χ0) is 17.1. The van der Waals surface area contributed by atoms with Crippen LogP contribution in [-0.2, 0) is 11.2 Å². The summed E-state index contributed by atoms with van der Waals surface area (Å²) in [6.07, 6.45) is 3.22. The predicted octanol–water partition coefficient (Wildman–Crippen LogP) is 2.31. The van der Waals surface area contributed by atoms with Crippen LogP contribution < -0.4 is 15.5 Å². The maximum atomic E-state index is 12.1. The third-order valence-electron chi connectivity index (χ3n) is 4.88. The Labute approximate surface area is 141 Å². The summed E-state index contributed by atoms with van der Waals surface area (Å²) in [5.41, 5.74) is 2.96. The Kier molecular flexibility index (Phi) is 4.87. The molecule has 1 saturated heterocycles. The number of piperidine rings is 1. The molecule has 2 aliphatic heterocycles. The number of carbonyl (C=O) groups is 1. The maximum Gasteiger partial charge on any atom is 0.292 e. The van der Waals surface area contributed by atoms with Gasteiger partial charge in [-0.05, 0) is 31.7 Å². The van der Waals surface area contributed by atoms with Crippen LogP contribution >= 0.6 is 0 Å². The first-order valence-electron chi connectivity index (χ1n) is 8.68. The molecule has 0 radical (unpaired) electrons. The minimum Gasteiger partial charge on any atom is -0.384 e. The highest BCUT2D eigenvalue weighted by Crippen LogP contribution is 2.40. The van der Waals surface area contributed by atoms with Gasteiger partial charge in [0.05, 0.1) is 4.92 Å². The highest BCUT2D eigenvalue weighted by Gasteiger charge is 2.31. The normalized spacial score (nSPS) is 17.3. The van der Waals surface area contributed by atoms with Gasteiger partial charge in [0.25, 0.3) is 5.69 Å². The maximum absolute atomic E-state index is 12.1. The number of amides is 1. The van der Waals surface area contributed by atoms with Gasteiger partial charge in [-0.2, -0.15) is 0 Å². The van der Waals surface area contributed by atoms with E-state index in [-0.39, 0.29) is 22.4 Å². The van der Waals surface area contributed by atoms with Gasteiger partial charge in [0, 0.05) is 49.4 Å². The minimum atomic E-state index is -0.298. The lowest BCUT2D eigenvalue weighted by atomic mass is 9.94. The van der Waals surface area contributed by atoms with Crippen LogP contribution in [-0.4, -0.2) is 37.0 Å². The fourth-order valence-corrected chi connectivity index (χ4v) is 3.62. The second-order valence-electron chi connectivity index (χ2n) is 6.45. The first kappa shape index (κ1) is 16.5. The fraction of sp³-hybridized carbons (Fsp3) is 0.588. The molecule has 24 heavy (non-hydrogen) atoms. The Hall–Kier alpha value is -2.31. The molecule has 1 aromatic rings. The number of nitro groups is 1. The van der Waals surface area contributed by atoms with Crippen molar-refractivity contribution in [3.63, 3.8) is 0 Å². The van der Waals surface area contributed by atoms with Gasteiger partial charge in [-0.3, -0.25) is 14.9 Å². The zero-order valence-electron chi connectivity index (χ0n) is 14.0. The summed E-state index contributed by atoms with van der Waals surface area (Å²) in [6.45, 7) is 4.93. The summed E-state index contributed by atoms with van der Waals surface area (Å²) in [5, 5.41) is 17.7. The Balaban J connectivity index is 1.76. The van der Waals surface area contributed by atoms with Crippen LogP contribution in [0.3, 0.4) is 0 Å². The topological polar surface area (TPSA) is 87.5 Å². The highest BCUT2D eigenvalue weighted by atomic mass is 16.6. The molecule has 130 valence electrons. The van der Waals surface area contributed by atoms with E-state index in [1.54, 1.807) is 12.1 Å². The fourth-order valence-electron chi connectivity index (χ4n) is 3.62. The van der Waals surface area contributed by atoms with Crippen LogP contribution in [0.2, 0.25) is 0 Å². The second-order valence-corrected chi connectivity index (χ2v) is 6.45. The molecule has 2 aliphatic rings. The number of nitrogens with zero attached hydrogens (tertiary/aromatic N) is 2. The molecular formula is C17H24N4O3. The molecule has 1 aromatic carbocycles. The summed E-state index contributed by atoms with van der Waals surface area (Å²) < 4.78 is 0. The smallest absolute Gasteiger partial charge is 0.292 e. The number of anilines is 2. The van der Waals surface area contributed by atoms with Crippen molar-refractivity contribution in [1.82, 2.24) is 5.32 Å². The number of rotatable bonds is 5. The van der Waals surface area contributed by atoms with Crippen molar-refractivity contribution in [3.05, 3.63) is 27.8 Å². The Bertz CT molecular complexity index is 639. The van der Waals surface area contributed by atoms with Crippen LogP contribution in [0.4, 0.5) is 17.1 Å². The minimum absolute atomic E-state index is 0.0155. The summed E-state index contributed by atoms with van der Waals surface area (Å²) in [5.74, 6) is 0.132. The number of hydrogen-bond acceptors (Lipinski definition) is 5. The van der Waals surface area contributed by atoms with Gasteiger partial charge >= 0.3 is 0 Å². The Morgan fingerprint density at radius 3 is 2.83 bits per heavy atom. The standard InChI is InChI=1S/C17H24N4O3/c1-2-8-19-17(22)12-6-10-20(11-7-12)16-13-5-9-18-14(13)3-4-15(16)21(23)24/h3-4,12,18H,2,5-11H2,1H3,(H,19,22). The second kappa shape index (κ2) is 7.07. The lowest BCUT2D eigenvalue weighted by Crippen LogP contribution is -2.41. The molecular weight excluding hydrogens is 308 g/mol. The van der Waals surface area contributed by atoms with Crippen molar-refractivity contribution in [1.29, 1.82) is 0 Å². The number of nitro benzene ring substituents is 1. The van der Waals surface area contributed by atoms with Gasteiger partial charge in [0.2, 0.25) is 5.91 Å². The Morgan fingerprint density at radius 1 is 1.42 bits per heavy atom. The first-order valence-corrected chi connectivity index (χ1v) is 8.68. The molecule has 0 bridgehead atoms. The SMILES string of the molecule is CCCNC(=O)C1CCN(c2c([N+](=O)[O-])ccc3c2CCN3)CC1. The third kappa shape index (κ3) is 3.16. The van der Waals surface area contributed by atoms with E-state index in [0.717, 1.165) is 49.2 Å². The summed E-state index contributed by atoms with van der Waals surface area (Å²) in [7, 11) is 0. The van der Waals surface area contributed by atoms with E-state index in [1.165, 1.54) is 0 Å². The van der Waals surface area contributed by atoms with Crippen LogP contribution in [0.5, 0.6) is 0 Å². The molecule has 7 nitrogen and oxygen atoms in total. The zero-order valence-corrected chi connectivity index (χ0v) is 14.0. The number of nitrogens with one attached hydrogen (secondary N) is 2. The van der Waals surface area contributed by atoms with Gasteiger partial charge in [0.15, 0.2) is 0 Å². The predicted molar refractivity (Wildman–Crippen MR) is 93.5 cm³/mol. The summed E-state index contributed by atoms with van der Waals surface area (Å²) >= 11 is 0. The molecule has 0 unspecified atom stereocenters. The van der Waals surface area contributed by atoms with Crippen LogP contribution in [0, 0.1) is 16.0 Å². The molecule has 1 fully saturated rings. The molecule has 0 aliphatic carbocycles. The van der Waals surface area contributed by atoms with E-state index in [2.05, 4.69) is 15.5 Å². The van der Waals surface area contributed by atoms with Gasteiger partial charge in [-0.25, -0.2) is 0 Å². The largest absolute Gasteiger partial charge is 0.384 e. The molecule has 7 heteroatoms. The van der Waals surface area contributed by atoms with Crippen molar-refractivity contribution >= 4 is 23.0 Å². The molecule has 0 atom stereocenters. The molecule has 3 rings (SSSR count). The highest BCUT2D eigenvalue weighted by molar-refractivity contribution is 5.80. The molecule has 0 spiro atoms. The molecule has 1 amide bonds. The van der Waals surface area contributed by atoms with E-state index in [1.807, 2.05) is 6.92 Å². The number of fused-ring (bicyclic) bond motifs is 1. The lowest BCUT2D eigenvalue weighted by molar-refractivity contribution is -0.384. The van der Waals surface area contributed by atoms with E-state index in [4.69, 9.17) is 0 Å². The van der Waals surface area contributed by atoms with Crippen LogP contribution in [0.15, 0.2) is 12.1 Å². The summed E-state index contributed by atoms with van der Waals surface area (Å²) in [4.78, 5) is 25.4. The van der Waals surface area contributed by atoms with Crippen molar-refractivity contribution in [2.24, 2.45) is 5.92 Å². The quantitative estimate of drug-likeness (QED) is 0.638. The first-order chi connectivity index (χ1) is 11.6. The monoisotopic (exact) mass is 332 g/mol. The van der Waals surface area contributed by atoms with Crippen molar-refractivity contribution in [3.8, 4) is 0 Å². The van der Waals surface area contributed by atoms with Crippen molar-refractivity contribution in [2.75, 3.05) is 36.4 Å². The Morgan fingerprint density at radius 2 is 2.17 bits per heavy atom. The van der Waals surface area contributed by atoms with E-state index < -0.39 is 0 Å². The van der Waals surface area contributed by atoms with Crippen LogP contribution in [0.25, 0.3) is 0 Å². The number of benzene rings is 1. The molecule has 2 N–H and O–H groups in total. The van der Waals surface area contributed by atoms with E-state index in [0.29, 0.717) is 19.6 Å². The average Bonchev–Trinajstić information content (AvgIpc) is 3.07. The van der Waals surface area contributed by atoms with Gasteiger partial charge in [-0.15, -0.1) is 0 Å². The van der Waals surface area contributed by atoms with E-state index >= 15 is 0 Å². The summed E-state index contributed by atoms with van der Waals surface area (Å²) in [6, 6.07) is 3.39. The molecule has 2 heterocycles. The van der Waals surface area contributed by atoms with Gasteiger partial charge in [0.1, 0.15) is 5.69 Å². The molecule has 0 aromatic heterocycles. The third-order valence-corrected chi connectivity index (χ3v) is 4.88. The average molecular weight is 332 g/mol. The van der Waals surface area contributed by atoms with Crippen molar-refractivity contribution in [2.45, 2.75) is 32.6 Å². The van der Waals surface area contributed by atoms with Crippen LogP contribution in [0.1, 0.15) is 31.7 Å². The van der Waals surface area contributed by atoms with E-state index in [9.17, 15) is 14.9 Å². The van der Waals surface area contributed by atoms with Gasteiger partial charge < -0.3 is 15.5 Å². The van der Waals surface area contributed by atoms with Crippen molar-refractivity contribution < 1.29 is 9.72 Å². The molecule has 0 saturated carbocycles.